The van der Waals surface area contributed by atoms with E-state index in [-0.39, 0.29) is 5.91 Å². The third-order valence-electron chi connectivity index (χ3n) is 2.90. The lowest BCUT2D eigenvalue weighted by atomic mass is 10.1. The Hall–Kier alpha value is -0.840. The molecule has 0 aromatic carbocycles. The van der Waals surface area contributed by atoms with E-state index in [0.717, 1.165) is 19.5 Å². The lowest BCUT2D eigenvalue weighted by Gasteiger charge is -2.14. The fourth-order valence-electron chi connectivity index (χ4n) is 1.93. The summed E-state index contributed by atoms with van der Waals surface area (Å²) in [4.78, 5) is 14.3. The molecule has 15 heavy (non-hydrogen) atoms. The van der Waals surface area contributed by atoms with Crippen molar-refractivity contribution in [2.24, 2.45) is 5.92 Å². The summed E-state index contributed by atoms with van der Waals surface area (Å²) in [5, 5.41) is 6.49. The van der Waals surface area contributed by atoms with E-state index in [1.807, 2.05) is 4.90 Å². The second-order valence-electron chi connectivity index (χ2n) is 3.86. The Kier molecular flexibility index (Phi) is 3.09. The fraction of sp³-hybridized carbons (Fsp3) is 0.600. The van der Waals surface area contributed by atoms with E-state index in [1.54, 1.807) is 12.3 Å². The highest BCUT2D eigenvalue weighted by atomic mass is 79.9. The SMILES string of the molecule is CCC1CN(C(=O)c2ccn[nH]2)CC1Br. The number of rotatable bonds is 2. The number of carbonyl (C=O) groups is 1. The summed E-state index contributed by atoms with van der Waals surface area (Å²) in [6.45, 7) is 3.78. The van der Waals surface area contributed by atoms with Gasteiger partial charge in [-0.15, -0.1) is 0 Å². The van der Waals surface area contributed by atoms with Crippen LogP contribution in [-0.4, -0.2) is 38.9 Å². The van der Waals surface area contributed by atoms with Gasteiger partial charge in [0.05, 0.1) is 0 Å². The van der Waals surface area contributed by atoms with E-state index in [4.69, 9.17) is 0 Å². The van der Waals surface area contributed by atoms with Crippen LogP contribution >= 0.6 is 15.9 Å². The molecule has 1 aliphatic rings. The largest absolute Gasteiger partial charge is 0.336 e. The van der Waals surface area contributed by atoms with Gasteiger partial charge in [-0.25, -0.2) is 0 Å². The molecule has 0 saturated carbocycles. The summed E-state index contributed by atoms with van der Waals surface area (Å²) in [7, 11) is 0. The monoisotopic (exact) mass is 271 g/mol. The first-order chi connectivity index (χ1) is 7.22. The van der Waals surface area contributed by atoms with E-state index in [2.05, 4.69) is 33.1 Å². The summed E-state index contributed by atoms with van der Waals surface area (Å²) in [5.41, 5.74) is 0.575. The van der Waals surface area contributed by atoms with E-state index in [0.29, 0.717) is 16.4 Å². The molecular weight excluding hydrogens is 258 g/mol. The number of hydrogen-bond acceptors (Lipinski definition) is 2. The molecule has 1 amide bonds. The molecule has 1 aromatic rings. The van der Waals surface area contributed by atoms with Crippen molar-refractivity contribution in [3.63, 3.8) is 0 Å². The minimum atomic E-state index is 0.0490. The number of carbonyl (C=O) groups excluding carboxylic acids is 1. The normalized spacial score (nSPS) is 25.9. The number of halogens is 1. The van der Waals surface area contributed by atoms with Crippen LogP contribution in [0, 0.1) is 5.92 Å². The zero-order valence-electron chi connectivity index (χ0n) is 8.61. The standard InChI is InChI=1S/C10H14BrN3O/c1-2-7-5-14(6-8(7)11)10(15)9-3-4-12-13-9/h3-4,7-8H,2,5-6H2,1H3,(H,12,13). The second-order valence-corrected chi connectivity index (χ2v) is 5.04. The molecule has 1 N–H and O–H groups in total. The van der Waals surface area contributed by atoms with Gasteiger partial charge < -0.3 is 4.90 Å². The maximum Gasteiger partial charge on any atom is 0.271 e. The Morgan fingerprint density at radius 1 is 1.73 bits per heavy atom. The third kappa shape index (κ3) is 2.07. The first-order valence-electron chi connectivity index (χ1n) is 5.15. The van der Waals surface area contributed by atoms with Crippen LogP contribution in [-0.2, 0) is 0 Å². The molecule has 1 aliphatic heterocycles. The molecule has 1 aromatic heterocycles. The average molecular weight is 272 g/mol. The first-order valence-corrected chi connectivity index (χ1v) is 6.06. The molecule has 0 bridgehead atoms. The molecule has 82 valence electrons. The maximum atomic E-state index is 11.9. The summed E-state index contributed by atoms with van der Waals surface area (Å²) in [6, 6.07) is 1.71. The van der Waals surface area contributed by atoms with Crippen molar-refractivity contribution in [1.82, 2.24) is 15.1 Å². The molecule has 1 fully saturated rings. The number of H-pyrrole nitrogens is 1. The van der Waals surface area contributed by atoms with Crippen molar-refractivity contribution in [3.05, 3.63) is 18.0 Å². The van der Waals surface area contributed by atoms with Gasteiger partial charge in [0.15, 0.2) is 0 Å². The van der Waals surface area contributed by atoms with Crippen LogP contribution in [0.25, 0.3) is 0 Å². The number of nitrogens with zero attached hydrogens (tertiary/aromatic N) is 2. The molecule has 2 rings (SSSR count). The van der Waals surface area contributed by atoms with Crippen LogP contribution < -0.4 is 0 Å². The molecule has 2 heterocycles. The number of aromatic amines is 1. The summed E-state index contributed by atoms with van der Waals surface area (Å²) >= 11 is 3.62. The van der Waals surface area contributed by atoms with Crippen LogP contribution in [0.5, 0.6) is 0 Å². The first kappa shape index (κ1) is 10.7. The van der Waals surface area contributed by atoms with E-state index >= 15 is 0 Å². The number of alkyl halides is 1. The molecule has 5 heteroatoms. The van der Waals surface area contributed by atoms with Crippen molar-refractivity contribution in [2.75, 3.05) is 13.1 Å². The topological polar surface area (TPSA) is 49.0 Å². The van der Waals surface area contributed by atoms with Crippen molar-refractivity contribution >= 4 is 21.8 Å². The maximum absolute atomic E-state index is 11.9. The summed E-state index contributed by atoms with van der Waals surface area (Å²) in [6.07, 6.45) is 2.70. The fourth-order valence-corrected chi connectivity index (χ4v) is 2.82. The smallest absolute Gasteiger partial charge is 0.271 e. The van der Waals surface area contributed by atoms with Crippen molar-refractivity contribution in [3.8, 4) is 0 Å². The number of hydrogen-bond donors (Lipinski definition) is 1. The third-order valence-corrected chi connectivity index (χ3v) is 3.94. The lowest BCUT2D eigenvalue weighted by Crippen LogP contribution is -2.29. The van der Waals surface area contributed by atoms with Crippen LogP contribution in [0.15, 0.2) is 12.3 Å². The zero-order chi connectivity index (χ0) is 10.8. The van der Waals surface area contributed by atoms with Crippen LogP contribution in [0.2, 0.25) is 0 Å². The van der Waals surface area contributed by atoms with Crippen LogP contribution in [0.4, 0.5) is 0 Å². The second kappa shape index (κ2) is 4.35. The molecule has 1 saturated heterocycles. The Labute approximate surface area is 97.2 Å². The highest BCUT2D eigenvalue weighted by Crippen LogP contribution is 2.26. The van der Waals surface area contributed by atoms with Crippen molar-refractivity contribution in [1.29, 1.82) is 0 Å². The minimum Gasteiger partial charge on any atom is -0.336 e. The number of nitrogens with one attached hydrogen (secondary N) is 1. The van der Waals surface area contributed by atoms with Gasteiger partial charge in [0.25, 0.3) is 5.91 Å². The van der Waals surface area contributed by atoms with Gasteiger partial charge in [-0.05, 0) is 12.0 Å². The number of amides is 1. The van der Waals surface area contributed by atoms with E-state index < -0.39 is 0 Å². The Bertz CT molecular complexity index is 338. The van der Waals surface area contributed by atoms with E-state index in [1.165, 1.54) is 0 Å². The molecule has 0 radical (unpaired) electrons. The summed E-state index contributed by atoms with van der Waals surface area (Å²) < 4.78 is 0. The molecule has 4 nitrogen and oxygen atoms in total. The molecular formula is C10H14BrN3O. The van der Waals surface area contributed by atoms with Gasteiger partial charge in [0, 0.05) is 24.1 Å². The lowest BCUT2D eigenvalue weighted by molar-refractivity contribution is 0.0781. The van der Waals surface area contributed by atoms with Crippen LogP contribution in [0.3, 0.4) is 0 Å². The predicted molar refractivity (Wildman–Crippen MR) is 61.0 cm³/mol. The quantitative estimate of drug-likeness (QED) is 0.832. The molecule has 0 spiro atoms. The molecule has 0 aliphatic carbocycles. The van der Waals surface area contributed by atoms with E-state index in [9.17, 15) is 4.79 Å². The van der Waals surface area contributed by atoms with Gasteiger partial charge in [-0.3, -0.25) is 9.89 Å². The van der Waals surface area contributed by atoms with Crippen LogP contribution in [0.1, 0.15) is 23.8 Å². The Morgan fingerprint density at radius 2 is 2.53 bits per heavy atom. The summed E-state index contributed by atoms with van der Waals surface area (Å²) in [5.74, 6) is 0.616. The van der Waals surface area contributed by atoms with Gasteiger partial charge in [-0.1, -0.05) is 29.3 Å². The highest BCUT2D eigenvalue weighted by Gasteiger charge is 2.33. The molecule has 2 atom stereocenters. The van der Waals surface area contributed by atoms with Gasteiger partial charge in [0.2, 0.25) is 0 Å². The Morgan fingerprint density at radius 3 is 3.07 bits per heavy atom. The minimum absolute atomic E-state index is 0.0490. The molecule has 2 unspecified atom stereocenters. The Balaban J connectivity index is 2.05. The number of aromatic nitrogens is 2. The van der Waals surface area contributed by atoms with Crippen molar-refractivity contribution < 1.29 is 4.79 Å². The van der Waals surface area contributed by atoms with Crippen molar-refractivity contribution in [2.45, 2.75) is 18.2 Å². The average Bonchev–Trinajstić information content (AvgIpc) is 2.85. The van der Waals surface area contributed by atoms with Gasteiger partial charge >= 0.3 is 0 Å². The predicted octanol–water partition coefficient (Wildman–Crippen LogP) is 1.66. The number of likely N-dealkylation sites (tertiary alicyclic amines) is 1. The zero-order valence-corrected chi connectivity index (χ0v) is 10.2. The highest BCUT2D eigenvalue weighted by molar-refractivity contribution is 9.09. The van der Waals surface area contributed by atoms with Gasteiger partial charge in [-0.2, -0.15) is 5.10 Å². The van der Waals surface area contributed by atoms with Gasteiger partial charge in [0.1, 0.15) is 5.69 Å².